The number of aliphatic carboxylic acids is 1. The van der Waals surface area contributed by atoms with Crippen LogP contribution in [0.25, 0.3) is 0 Å². The number of nitriles is 1. The van der Waals surface area contributed by atoms with Crippen LogP contribution >= 0.6 is 0 Å². The van der Waals surface area contributed by atoms with E-state index in [4.69, 9.17) is 10.4 Å². The number of carboxylic acids is 1. The first-order valence-corrected chi connectivity index (χ1v) is 4.41. The Morgan fingerprint density at radius 2 is 2.23 bits per heavy atom. The van der Waals surface area contributed by atoms with Gasteiger partial charge in [0.15, 0.2) is 0 Å². The fraction of sp³-hybridized carbons (Fsp3) is 0.778. The molecule has 0 aliphatic carbocycles. The van der Waals surface area contributed by atoms with Gasteiger partial charge in [0.05, 0.1) is 6.07 Å². The maximum atomic E-state index is 10.7. The lowest BCUT2D eigenvalue weighted by Gasteiger charge is -2.15. The fourth-order valence-electron chi connectivity index (χ4n) is 1.05. The molecule has 13 heavy (non-hydrogen) atoms. The van der Waals surface area contributed by atoms with E-state index in [9.17, 15) is 4.79 Å². The average Bonchev–Trinajstić information content (AvgIpc) is 2.02. The Morgan fingerprint density at radius 1 is 1.62 bits per heavy atom. The summed E-state index contributed by atoms with van der Waals surface area (Å²) in [5, 5.41) is 19.9. The Balaban J connectivity index is 3.82. The van der Waals surface area contributed by atoms with E-state index in [0.29, 0.717) is 25.3 Å². The summed E-state index contributed by atoms with van der Waals surface area (Å²) in [6.45, 7) is 4.39. The van der Waals surface area contributed by atoms with Crippen molar-refractivity contribution in [3.63, 3.8) is 0 Å². The van der Waals surface area contributed by atoms with E-state index < -0.39 is 12.0 Å². The predicted molar refractivity (Wildman–Crippen MR) is 49.1 cm³/mol. The monoisotopic (exact) mass is 184 g/mol. The first kappa shape index (κ1) is 11.9. The molecule has 0 aromatic heterocycles. The Hall–Kier alpha value is -1.08. The Kier molecular flexibility index (Phi) is 5.90. The lowest BCUT2D eigenvalue weighted by atomic mass is 10.0. The molecule has 0 saturated carbocycles. The SMILES string of the molecule is CC(C)C[C@@H](NCCC#N)C(=O)O. The van der Waals surface area contributed by atoms with Crippen LogP contribution in [0.5, 0.6) is 0 Å². The Morgan fingerprint density at radius 3 is 2.62 bits per heavy atom. The van der Waals surface area contributed by atoms with Crippen molar-refractivity contribution in [2.45, 2.75) is 32.7 Å². The van der Waals surface area contributed by atoms with Gasteiger partial charge in [-0.1, -0.05) is 13.8 Å². The summed E-state index contributed by atoms with van der Waals surface area (Å²) < 4.78 is 0. The Labute approximate surface area is 78.6 Å². The molecule has 4 heteroatoms. The van der Waals surface area contributed by atoms with Crippen LogP contribution in [-0.4, -0.2) is 23.7 Å². The van der Waals surface area contributed by atoms with Crippen LogP contribution in [0.2, 0.25) is 0 Å². The standard InChI is InChI=1S/C9H16N2O2/c1-7(2)6-8(9(12)13)11-5-3-4-10/h7-8,11H,3,5-6H2,1-2H3,(H,12,13)/t8-/m1/s1. The third-order valence-electron chi connectivity index (χ3n) is 1.63. The van der Waals surface area contributed by atoms with E-state index in [-0.39, 0.29) is 0 Å². The summed E-state index contributed by atoms with van der Waals surface area (Å²) in [7, 11) is 0. The summed E-state index contributed by atoms with van der Waals surface area (Å²) in [6.07, 6.45) is 0.947. The van der Waals surface area contributed by atoms with Crippen molar-refractivity contribution in [3.8, 4) is 6.07 Å². The number of nitrogens with zero attached hydrogens (tertiary/aromatic N) is 1. The number of nitrogens with one attached hydrogen (secondary N) is 1. The molecule has 0 fully saturated rings. The smallest absolute Gasteiger partial charge is 0.320 e. The summed E-state index contributed by atoms with van der Waals surface area (Å²) in [5.74, 6) is -0.498. The van der Waals surface area contributed by atoms with Gasteiger partial charge in [0.25, 0.3) is 0 Å². The molecule has 0 spiro atoms. The highest BCUT2D eigenvalue weighted by Gasteiger charge is 2.17. The number of hydrogen-bond donors (Lipinski definition) is 2. The van der Waals surface area contributed by atoms with Crippen LogP contribution in [0.15, 0.2) is 0 Å². The zero-order chi connectivity index (χ0) is 10.3. The van der Waals surface area contributed by atoms with Gasteiger partial charge in [-0.3, -0.25) is 4.79 Å². The van der Waals surface area contributed by atoms with Crippen LogP contribution in [0.3, 0.4) is 0 Å². The summed E-state index contributed by atoms with van der Waals surface area (Å²) in [6, 6.07) is 1.44. The van der Waals surface area contributed by atoms with E-state index >= 15 is 0 Å². The predicted octanol–water partition coefficient (Wildman–Crippen LogP) is 0.989. The molecule has 0 aliphatic rings. The number of carboxylic acid groups (broad SMARTS) is 1. The lowest BCUT2D eigenvalue weighted by Crippen LogP contribution is -2.38. The van der Waals surface area contributed by atoms with Crippen molar-refractivity contribution in [2.24, 2.45) is 5.92 Å². The number of hydrogen-bond acceptors (Lipinski definition) is 3. The third-order valence-corrected chi connectivity index (χ3v) is 1.63. The Bertz CT molecular complexity index is 196. The molecule has 0 rings (SSSR count). The number of carbonyl (C=O) groups is 1. The van der Waals surface area contributed by atoms with Gasteiger partial charge in [-0.25, -0.2) is 0 Å². The fourth-order valence-corrected chi connectivity index (χ4v) is 1.05. The van der Waals surface area contributed by atoms with Gasteiger partial charge in [-0.05, 0) is 12.3 Å². The van der Waals surface area contributed by atoms with Crippen LogP contribution in [0.1, 0.15) is 26.7 Å². The second-order valence-corrected chi connectivity index (χ2v) is 3.38. The van der Waals surface area contributed by atoms with Crippen molar-refractivity contribution in [2.75, 3.05) is 6.54 Å². The molecule has 0 aliphatic heterocycles. The van der Waals surface area contributed by atoms with Gasteiger partial charge in [-0.2, -0.15) is 5.26 Å². The van der Waals surface area contributed by atoms with E-state index in [1.165, 1.54) is 0 Å². The molecule has 0 amide bonds. The van der Waals surface area contributed by atoms with E-state index in [1.807, 2.05) is 19.9 Å². The van der Waals surface area contributed by atoms with E-state index in [0.717, 1.165) is 0 Å². The molecule has 0 saturated heterocycles. The summed E-state index contributed by atoms with van der Waals surface area (Å²) in [4.78, 5) is 10.7. The average molecular weight is 184 g/mol. The summed E-state index contributed by atoms with van der Waals surface area (Å²) >= 11 is 0. The molecule has 74 valence electrons. The van der Waals surface area contributed by atoms with Crippen molar-refractivity contribution in [3.05, 3.63) is 0 Å². The maximum Gasteiger partial charge on any atom is 0.320 e. The maximum absolute atomic E-state index is 10.7. The highest BCUT2D eigenvalue weighted by atomic mass is 16.4. The molecule has 0 radical (unpaired) electrons. The molecule has 0 unspecified atom stereocenters. The lowest BCUT2D eigenvalue weighted by molar-refractivity contribution is -0.139. The zero-order valence-corrected chi connectivity index (χ0v) is 8.08. The van der Waals surface area contributed by atoms with Crippen molar-refractivity contribution >= 4 is 5.97 Å². The van der Waals surface area contributed by atoms with Crippen LogP contribution in [0, 0.1) is 17.2 Å². The highest BCUT2D eigenvalue weighted by Crippen LogP contribution is 2.04. The molecular weight excluding hydrogens is 168 g/mol. The van der Waals surface area contributed by atoms with Crippen LogP contribution < -0.4 is 5.32 Å². The van der Waals surface area contributed by atoms with Gasteiger partial charge in [0.2, 0.25) is 0 Å². The minimum Gasteiger partial charge on any atom is -0.480 e. The normalized spacial score (nSPS) is 12.5. The first-order valence-electron chi connectivity index (χ1n) is 4.41. The molecule has 0 aromatic carbocycles. The van der Waals surface area contributed by atoms with Gasteiger partial charge >= 0.3 is 5.97 Å². The molecular formula is C9H16N2O2. The quantitative estimate of drug-likeness (QED) is 0.604. The van der Waals surface area contributed by atoms with Gasteiger partial charge in [0.1, 0.15) is 6.04 Å². The third kappa shape index (κ3) is 6.12. The molecule has 0 bridgehead atoms. The van der Waals surface area contributed by atoms with Gasteiger partial charge < -0.3 is 10.4 Å². The van der Waals surface area contributed by atoms with E-state index in [2.05, 4.69) is 5.32 Å². The zero-order valence-electron chi connectivity index (χ0n) is 8.08. The van der Waals surface area contributed by atoms with E-state index in [1.54, 1.807) is 0 Å². The number of rotatable bonds is 6. The second kappa shape index (κ2) is 6.44. The second-order valence-electron chi connectivity index (χ2n) is 3.38. The minimum absolute atomic E-state index is 0.343. The largest absolute Gasteiger partial charge is 0.480 e. The van der Waals surface area contributed by atoms with Gasteiger partial charge in [0, 0.05) is 13.0 Å². The molecule has 0 heterocycles. The van der Waals surface area contributed by atoms with Crippen LogP contribution in [0.4, 0.5) is 0 Å². The molecule has 1 atom stereocenters. The van der Waals surface area contributed by atoms with Crippen molar-refractivity contribution < 1.29 is 9.90 Å². The molecule has 4 nitrogen and oxygen atoms in total. The molecule has 0 aromatic rings. The van der Waals surface area contributed by atoms with Crippen LogP contribution in [-0.2, 0) is 4.79 Å². The minimum atomic E-state index is -0.841. The van der Waals surface area contributed by atoms with Gasteiger partial charge in [-0.15, -0.1) is 0 Å². The topological polar surface area (TPSA) is 73.1 Å². The first-order chi connectivity index (χ1) is 6.07. The van der Waals surface area contributed by atoms with Crippen molar-refractivity contribution in [1.82, 2.24) is 5.32 Å². The molecule has 2 N–H and O–H groups in total. The highest BCUT2D eigenvalue weighted by molar-refractivity contribution is 5.73. The van der Waals surface area contributed by atoms with Crippen molar-refractivity contribution in [1.29, 1.82) is 5.26 Å². The summed E-state index contributed by atoms with van der Waals surface area (Å²) in [5.41, 5.74) is 0.